The molecule has 3 rings (SSSR count). The number of para-hydroxylation sites is 2. The number of rotatable bonds is 7. The van der Waals surface area contributed by atoms with E-state index in [1.165, 1.54) is 30.3 Å². The van der Waals surface area contributed by atoms with E-state index in [0.29, 0.717) is 10.2 Å². The Bertz CT molecular complexity index is 1150. The summed E-state index contributed by atoms with van der Waals surface area (Å²) in [5.41, 5.74) is 0.526. The predicted molar refractivity (Wildman–Crippen MR) is 121 cm³/mol. The number of carboxylic acids is 1. The lowest BCUT2D eigenvalue weighted by Crippen LogP contribution is -2.21. The molecule has 0 aromatic heterocycles. The van der Waals surface area contributed by atoms with E-state index in [2.05, 4.69) is 26.6 Å². The van der Waals surface area contributed by atoms with Gasteiger partial charge >= 0.3 is 5.97 Å². The molecule has 7 nitrogen and oxygen atoms in total. The van der Waals surface area contributed by atoms with Gasteiger partial charge in [-0.15, -0.1) is 0 Å². The molecule has 0 saturated heterocycles. The van der Waals surface area contributed by atoms with Gasteiger partial charge in [-0.2, -0.15) is 0 Å². The molecule has 0 bridgehead atoms. The first-order chi connectivity index (χ1) is 14.8. The van der Waals surface area contributed by atoms with E-state index in [0.717, 1.165) is 0 Å². The predicted octanol–water partition coefficient (Wildman–Crippen LogP) is 5.07. The summed E-state index contributed by atoms with van der Waals surface area (Å²) in [6.07, 6.45) is 0. The van der Waals surface area contributed by atoms with E-state index in [-0.39, 0.29) is 34.1 Å². The van der Waals surface area contributed by atoms with E-state index >= 15 is 0 Å². The number of carbonyl (C=O) groups is 3. The minimum atomic E-state index is -1.16. The van der Waals surface area contributed by atoms with E-state index < -0.39 is 17.8 Å². The van der Waals surface area contributed by atoms with Crippen molar-refractivity contribution in [2.24, 2.45) is 0 Å². The smallest absolute Gasteiger partial charge is 0.337 e. The first kappa shape index (κ1) is 22.3. The zero-order chi connectivity index (χ0) is 22.4. The summed E-state index contributed by atoms with van der Waals surface area (Å²) in [5.74, 6) is -1.67. The van der Waals surface area contributed by atoms with Crippen molar-refractivity contribution in [1.82, 2.24) is 0 Å². The Labute approximate surface area is 191 Å². The molecule has 3 aromatic carbocycles. The van der Waals surface area contributed by atoms with Crippen LogP contribution in [0.25, 0.3) is 0 Å². The lowest BCUT2D eigenvalue weighted by Gasteiger charge is -2.12. The monoisotopic (exact) mass is 502 g/mol. The fraction of sp³-hybridized carbons (Fsp3) is 0.0455. The summed E-state index contributed by atoms with van der Waals surface area (Å²) in [6.45, 7) is -0.263. The molecule has 3 N–H and O–H groups in total. The van der Waals surface area contributed by atoms with Crippen LogP contribution < -0.4 is 15.4 Å². The van der Waals surface area contributed by atoms with Crippen molar-refractivity contribution < 1.29 is 24.2 Å². The average molecular weight is 504 g/mol. The SMILES string of the molecule is O=C(COc1ccccc1Br)Nc1cc(C(=O)Nc2ccccc2C(=O)O)ccc1Cl. The van der Waals surface area contributed by atoms with Gasteiger partial charge in [0.2, 0.25) is 0 Å². The van der Waals surface area contributed by atoms with Crippen LogP contribution in [-0.4, -0.2) is 29.5 Å². The molecule has 31 heavy (non-hydrogen) atoms. The number of carbonyl (C=O) groups excluding carboxylic acids is 2. The van der Waals surface area contributed by atoms with Crippen LogP contribution in [0.1, 0.15) is 20.7 Å². The number of amides is 2. The maximum Gasteiger partial charge on any atom is 0.337 e. The lowest BCUT2D eigenvalue weighted by molar-refractivity contribution is -0.118. The summed E-state index contributed by atoms with van der Waals surface area (Å²) < 4.78 is 6.18. The van der Waals surface area contributed by atoms with Crippen molar-refractivity contribution in [3.05, 3.63) is 87.4 Å². The van der Waals surface area contributed by atoms with Crippen LogP contribution in [0.2, 0.25) is 5.02 Å². The van der Waals surface area contributed by atoms with Gasteiger partial charge in [0.25, 0.3) is 11.8 Å². The molecule has 0 radical (unpaired) electrons. The van der Waals surface area contributed by atoms with Crippen molar-refractivity contribution in [1.29, 1.82) is 0 Å². The number of halogens is 2. The standard InChI is InChI=1S/C22H16BrClN2O5/c23-15-6-2-4-8-19(15)31-12-20(27)25-18-11-13(9-10-16(18)24)21(28)26-17-7-3-1-5-14(17)22(29)30/h1-11H,12H2,(H,25,27)(H,26,28)(H,29,30). The van der Waals surface area contributed by atoms with Gasteiger partial charge in [0.05, 0.1) is 26.4 Å². The minimum absolute atomic E-state index is 0.0393. The highest BCUT2D eigenvalue weighted by molar-refractivity contribution is 9.10. The second-order valence-corrected chi connectivity index (χ2v) is 7.53. The van der Waals surface area contributed by atoms with Crippen LogP contribution >= 0.6 is 27.5 Å². The first-order valence-corrected chi connectivity index (χ1v) is 10.1. The van der Waals surface area contributed by atoms with Gasteiger partial charge in [0, 0.05) is 5.56 Å². The largest absolute Gasteiger partial charge is 0.483 e. The Hall–Kier alpha value is -3.36. The van der Waals surface area contributed by atoms with Crippen LogP contribution in [0.4, 0.5) is 11.4 Å². The molecule has 0 aliphatic carbocycles. The third kappa shape index (κ3) is 5.84. The van der Waals surface area contributed by atoms with Crippen LogP contribution in [0.15, 0.2) is 71.2 Å². The zero-order valence-corrected chi connectivity index (χ0v) is 18.2. The van der Waals surface area contributed by atoms with Gasteiger partial charge in [-0.3, -0.25) is 9.59 Å². The lowest BCUT2D eigenvalue weighted by atomic mass is 10.1. The normalized spacial score (nSPS) is 10.3. The second kappa shape index (κ2) is 10.1. The molecule has 0 aliphatic rings. The van der Waals surface area contributed by atoms with Crippen molar-refractivity contribution in [3.8, 4) is 5.75 Å². The fourth-order valence-corrected chi connectivity index (χ4v) is 3.19. The van der Waals surface area contributed by atoms with Crippen molar-refractivity contribution in [2.75, 3.05) is 17.2 Å². The Balaban J connectivity index is 1.70. The van der Waals surface area contributed by atoms with Gasteiger partial charge < -0.3 is 20.5 Å². The van der Waals surface area contributed by atoms with Gasteiger partial charge in [-0.25, -0.2) is 4.79 Å². The summed E-state index contributed by atoms with van der Waals surface area (Å²) in [6, 6.07) is 17.5. The molecule has 0 aliphatic heterocycles. The number of hydrogen-bond donors (Lipinski definition) is 3. The van der Waals surface area contributed by atoms with E-state index in [9.17, 15) is 19.5 Å². The third-order valence-electron chi connectivity index (χ3n) is 4.10. The Morgan fingerprint density at radius 1 is 0.935 bits per heavy atom. The minimum Gasteiger partial charge on any atom is -0.483 e. The molecule has 2 amide bonds. The topological polar surface area (TPSA) is 105 Å². The molecule has 0 atom stereocenters. The molecule has 158 valence electrons. The summed E-state index contributed by atoms with van der Waals surface area (Å²) in [5, 5.41) is 14.6. The highest BCUT2D eigenvalue weighted by Crippen LogP contribution is 2.26. The molecule has 3 aromatic rings. The summed E-state index contributed by atoms with van der Waals surface area (Å²) in [4.78, 5) is 36.2. The molecule has 0 saturated carbocycles. The van der Waals surface area contributed by atoms with Crippen molar-refractivity contribution in [2.45, 2.75) is 0 Å². The number of nitrogens with one attached hydrogen (secondary N) is 2. The fourth-order valence-electron chi connectivity index (χ4n) is 2.63. The van der Waals surface area contributed by atoms with Crippen molar-refractivity contribution >= 4 is 56.7 Å². The number of aromatic carboxylic acids is 1. The van der Waals surface area contributed by atoms with Crippen LogP contribution in [-0.2, 0) is 4.79 Å². The molecule has 0 fully saturated rings. The number of ether oxygens (including phenoxy) is 1. The van der Waals surface area contributed by atoms with E-state index in [1.54, 1.807) is 30.3 Å². The molecule has 0 unspecified atom stereocenters. The Morgan fingerprint density at radius 3 is 2.39 bits per heavy atom. The van der Waals surface area contributed by atoms with Gasteiger partial charge in [-0.1, -0.05) is 35.9 Å². The van der Waals surface area contributed by atoms with Crippen LogP contribution in [0.5, 0.6) is 5.75 Å². The quantitative estimate of drug-likeness (QED) is 0.417. The molecule has 0 spiro atoms. The number of anilines is 2. The Morgan fingerprint density at radius 2 is 1.65 bits per heavy atom. The third-order valence-corrected chi connectivity index (χ3v) is 5.09. The van der Waals surface area contributed by atoms with Crippen molar-refractivity contribution in [3.63, 3.8) is 0 Å². The van der Waals surface area contributed by atoms with Gasteiger partial charge in [-0.05, 0) is 58.4 Å². The van der Waals surface area contributed by atoms with Gasteiger partial charge in [0.15, 0.2) is 6.61 Å². The summed E-state index contributed by atoms with van der Waals surface area (Å²) >= 11 is 9.47. The molecular formula is C22H16BrClN2O5. The van der Waals surface area contributed by atoms with E-state index in [4.69, 9.17) is 16.3 Å². The Kier molecular flexibility index (Phi) is 7.28. The molecular weight excluding hydrogens is 488 g/mol. The van der Waals surface area contributed by atoms with Gasteiger partial charge in [0.1, 0.15) is 5.75 Å². The summed E-state index contributed by atoms with van der Waals surface area (Å²) in [7, 11) is 0. The molecule has 9 heteroatoms. The zero-order valence-electron chi connectivity index (χ0n) is 15.9. The number of hydrogen-bond acceptors (Lipinski definition) is 4. The van der Waals surface area contributed by atoms with E-state index in [1.807, 2.05) is 6.07 Å². The highest BCUT2D eigenvalue weighted by atomic mass is 79.9. The van der Waals surface area contributed by atoms with Crippen LogP contribution in [0.3, 0.4) is 0 Å². The maximum absolute atomic E-state index is 12.6. The highest BCUT2D eigenvalue weighted by Gasteiger charge is 2.15. The first-order valence-electron chi connectivity index (χ1n) is 8.95. The number of benzene rings is 3. The second-order valence-electron chi connectivity index (χ2n) is 6.27. The molecule has 0 heterocycles. The number of carboxylic acid groups (broad SMARTS) is 1. The maximum atomic E-state index is 12.6. The van der Waals surface area contributed by atoms with Crippen LogP contribution in [0, 0.1) is 0 Å². The average Bonchev–Trinajstić information content (AvgIpc) is 2.75.